The van der Waals surface area contributed by atoms with Gasteiger partial charge in [0.05, 0.1) is 0 Å². The number of carbonyl (C=O) groups excluding carboxylic acids is 4. The maximum absolute atomic E-state index is 12.7. The molecular weight excluding hydrogens is 562 g/mol. The molecular formula is C31H49NO11. The Bertz CT molecular complexity index is 1070. The Balaban J connectivity index is 2.97. The summed E-state index contributed by atoms with van der Waals surface area (Å²) in [4.78, 5) is 49.6. The molecule has 1 aromatic rings. The van der Waals surface area contributed by atoms with Crippen molar-refractivity contribution in [2.24, 2.45) is 23.5 Å². The number of benzene rings is 1. The van der Waals surface area contributed by atoms with E-state index in [1.807, 2.05) is 41.5 Å². The van der Waals surface area contributed by atoms with Crippen LogP contribution in [0.1, 0.15) is 81.7 Å². The normalized spacial score (nSPS) is 15.5. The van der Waals surface area contributed by atoms with Crippen LogP contribution in [-0.4, -0.2) is 61.0 Å². The van der Waals surface area contributed by atoms with Crippen molar-refractivity contribution >= 4 is 24.4 Å². The van der Waals surface area contributed by atoms with Crippen molar-refractivity contribution in [3.8, 4) is 11.5 Å². The van der Waals surface area contributed by atoms with Gasteiger partial charge in [-0.15, -0.1) is 0 Å². The zero-order chi connectivity index (χ0) is 33.0. The van der Waals surface area contributed by atoms with Gasteiger partial charge in [0.15, 0.2) is 11.5 Å². The third kappa shape index (κ3) is 13.5. The van der Waals surface area contributed by atoms with Gasteiger partial charge in [0, 0.05) is 0 Å². The summed E-state index contributed by atoms with van der Waals surface area (Å²) in [7, 11) is 0. The van der Waals surface area contributed by atoms with Crippen molar-refractivity contribution < 1.29 is 52.3 Å². The number of hydrogen-bond acceptors (Lipinski definition) is 12. The molecule has 1 rings (SSSR count). The summed E-state index contributed by atoms with van der Waals surface area (Å²) in [5.41, 5.74) is 6.58. The fourth-order valence-electron chi connectivity index (χ4n) is 2.91. The molecule has 0 aromatic heterocycles. The third-order valence-electron chi connectivity index (χ3n) is 7.06. The summed E-state index contributed by atoms with van der Waals surface area (Å²) in [5, 5.41) is 0. The number of nitrogens with two attached hydrogens (primary N) is 1. The second-order valence-electron chi connectivity index (χ2n) is 11.7. The number of hydrogen-bond donors (Lipinski definition) is 1. The van der Waals surface area contributed by atoms with Crippen molar-refractivity contribution in [3.63, 3.8) is 0 Å². The molecule has 1 aromatic carbocycles. The monoisotopic (exact) mass is 611 g/mol. The molecule has 0 amide bonds. The van der Waals surface area contributed by atoms with E-state index in [0.717, 1.165) is 0 Å². The second kappa shape index (κ2) is 17.5. The lowest BCUT2D eigenvalue weighted by Gasteiger charge is -2.23. The molecule has 6 atom stereocenters. The second-order valence-corrected chi connectivity index (χ2v) is 11.7. The van der Waals surface area contributed by atoms with Crippen LogP contribution in [0, 0.1) is 17.8 Å². The van der Waals surface area contributed by atoms with Crippen LogP contribution in [0.2, 0.25) is 0 Å². The van der Waals surface area contributed by atoms with E-state index in [9.17, 15) is 19.2 Å². The summed E-state index contributed by atoms with van der Waals surface area (Å²) in [6.45, 7) is 19.7. The zero-order valence-corrected chi connectivity index (χ0v) is 27.2. The number of ether oxygens (including phenoxy) is 7. The SMILES string of the molecule is CC(C)C(C)OC(=O)Oc1cc(C[C@H](N)C(=O)OC(C)C(C)OC(=O)OC(C)C(C)C)ccc1OC(=O)O[C@@H](C)C(C)C. The van der Waals surface area contributed by atoms with Gasteiger partial charge in [0.25, 0.3) is 0 Å². The van der Waals surface area contributed by atoms with E-state index in [2.05, 4.69) is 0 Å². The van der Waals surface area contributed by atoms with Crippen LogP contribution in [0.4, 0.5) is 14.4 Å². The molecule has 0 radical (unpaired) electrons. The summed E-state index contributed by atoms with van der Waals surface area (Å²) in [6, 6.07) is 3.24. The van der Waals surface area contributed by atoms with E-state index in [-0.39, 0.29) is 41.8 Å². The Morgan fingerprint density at radius 3 is 1.42 bits per heavy atom. The van der Waals surface area contributed by atoms with Gasteiger partial charge in [-0.3, -0.25) is 4.79 Å². The Kier molecular flexibility index (Phi) is 15.3. The highest BCUT2D eigenvalue weighted by Crippen LogP contribution is 2.30. The van der Waals surface area contributed by atoms with Gasteiger partial charge < -0.3 is 38.9 Å². The van der Waals surface area contributed by atoms with E-state index < -0.39 is 54.9 Å². The molecule has 4 unspecified atom stereocenters. The molecule has 0 spiro atoms. The van der Waals surface area contributed by atoms with Gasteiger partial charge in [-0.05, 0) is 76.5 Å². The first-order chi connectivity index (χ1) is 19.9. The molecule has 0 saturated heterocycles. The highest BCUT2D eigenvalue weighted by molar-refractivity contribution is 5.76. The Labute approximate surface area is 254 Å². The molecule has 12 heteroatoms. The predicted octanol–water partition coefficient (Wildman–Crippen LogP) is 6.19. The minimum atomic E-state index is -1.12. The number of rotatable bonds is 14. The smallest absolute Gasteiger partial charge is 0.458 e. The van der Waals surface area contributed by atoms with Crippen molar-refractivity contribution in [1.29, 1.82) is 0 Å². The van der Waals surface area contributed by atoms with Crippen LogP contribution in [-0.2, 0) is 34.9 Å². The first-order valence-electron chi connectivity index (χ1n) is 14.6. The molecule has 0 heterocycles. The minimum absolute atomic E-state index is 0.0162. The summed E-state index contributed by atoms with van der Waals surface area (Å²) in [6.07, 6.45) is -5.65. The predicted molar refractivity (Wildman–Crippen MR) is 158 cm³/mol. The van der Waals surface area contributed by atoms with Crippen LogP contribution in [0.5, 0.6) is 11.5 Å². The van der Waals surface area contributed by atoms with Gasteiger partial charge in [-0.25, -0.2) is 14.4 Å². The first kappa shape index (κ1) is 37.5. The van der Waals surface area contributed by atoms with Crippen LogP contribution in [0.15, 0.2) is 18.2 Å². The lowest BCUT2D eigenvalue weighted by Crippen LogP contribution is -2.39. The standard InChI is InChI=1S/C31H49NO11/c1-16(2)19(7)38-29(34)41-23(11)22(10)37-28(33)25(32)14-24-12-13-26(42-30(35)39-20(8)17(3)4)27(15-24)43-31(36)40-21(9)18(5)6/h12-13,15-23,25H,14,32H2,1-11H3/t19?,20-,21?,22?,23?,25-/m0/s1. The molecule has 0 bridgehead atoms. The van der Waals surface area contributed by atoms with Gasteiger partial charge in [-0.1, -0.05) is 47.6 Å². The molecule has 12 nitrogen and oxygen atoms in total. The molecule has 0 aliphatic carbocycles. The summed E-state index contributed by atoms with van der Waals surface area (Å²) in [5.74, 6) is -0.758. The van der Waals surface area contributed by atoms with E-state index in [1.165, 1.54) is 12.1 Å². The van der Waals surface area contributed by atoms with Crippen molar-refractivity contribution in [1.82, 2.24) is 0 Å². The van der Waals surface area contributed by atoms with Crippen LogP contribution in [0.25, 0.3) is 0 Å². The van der Waals surface area contributed by atoms with E-state index in [0.29, 0.717) is 5.56 Å². The molecule has 244 valence electrons. The molecule has 43 heavy (non-hydrogen) atoms. The van der Waals surface area contributed by atoms with E-state index in [4.69, 9.17) is 38.9 Å². The fraction of sp³-hybridized carbons (Fsp3) is 0.677. The zero-order valence-electron chi connectivity index (χ0n) is 27.2. The number of carbonyl (C=O) groups is 4. The van der Waals surface area contributed by atoms with E-state index in [1.54, 1.807) is 40.7 Å². The summed E-state index contributed by atoms with van der Waals surface area (Å²) < 4.78 is 37.0. The number of esters is 1. The molecule has 2 N–H and O–H groups in total. The maximum atomic E-state index is 12.7. The highest BCUT2D eigenvalue weighted by Gasteiger charge is 2.27. The van der Waals surface area contributed by atoms with Gasteiger partial charge >= 0.3 is 24.4 Å². The lowest BCUT2D eigenvalue weighted by molar-refractivity contribution is -0.155. The van der Waals surface area contributed by atoms with Crippen molar-refractivity contribution in [2.45, 2.75) is 119 Å². The van der Waals surface area contributed by atoms with Gasteiger partial charge in [0.2, 0.25) is 0 Å². The molecule has 0 aliphatic rings. The quantitative estimate of drug-likeness (QED) is 0.144. The third-order valence-corrected chi connectivity index (χ3v) is 7.06. The first-order valence-corrected chi connectivity index (χ1v) is 14.6. The topological polar surface area (TPSA) is 159 Å². The van der Waals surface area contributed by atoms with Crippen molar-refractivity contribution in [3.05, 3.63) is 23.8 Å². The van der Waals surface area contributed by atoms with Crippen LogP contribution in [0.3, 0.4) is 0 Å². The maximum Gasteiger partial charge on any atom is 0.514 e. The van der Waals surface area contributed by atoms with Gasteiger partial charge in [0.1, 0.15) is 36.6 Å². The average molecular weight is 612 g/mol. The Hall–Kier alpha value is -3.54. The average Bonchev–Trinajstić information content (AvgIpc) is 2.89. The van der Waals surface area contributed by atoms with E-state index >= 15 is 0 Å². The molecule has 0 aliphatic heterocycles. The van der Waals surface area contributed by atoms with Crippen molar-refractivity contribution in [2.75, 3.05) is 0 Å². The Morgan fingerprint density at radius 1 is 0.558 bits per heavy atom. The van der Waals surface area contributed by atoms with Crippen LogP contribution < -0.4 is 15.2 Å². The lowest BCUT2D eigenvalue weighted by atomic mass is 10.1. The molecule has 0 fully saturated rings. The summed E-state index contributed by atoms with van der Waals surface area (Å²) >= 11 is 0. The minimum Gasteiger partial charge on any atom is -0.458 e. The largest absolute Gasteiger partial charge is 0.514 e. The molecule has 0 saturated carbocycles. The van der Waals surface area contributed by atoms with Gasteiger partial charge in [-0.2, -0.15) is 0 Å². The fourth-order valence-corrected chi connectivity index (χ4v) is 2.91. The highest BCUT2D eigenvalue weighted by atomic mass is 16.8. The van der Waals surface area contributed by atoms with Crippen LogP contribution >= 0.6 is 0 Å². The Morgan fingerprint density at radius 2 is 0.953 bits per heavy atom.